The molecule has 1 heterocycles. The lowest BCUT2D eigenvalue weighted by Crippen LogP contribution is -2.35. The molecule has 2 aromatic carbocycles. The molecule has 0 saturated heterocycles. The summed E-state index contributed by atoms with van der Waals surface area (Å²) < 4.78 is 21.2. The predicted molar refractivity (Wildman–Crippen MR) is 101 cm³/mol. The van der Waals surface area contributed by atoms with Gasteiger partial charge in [0.15, 0.2) is 0 Å². The van der Waals surface area contributed by atoms with E-state index in [-0.39, 0.29) is 5.25 Å². The maximum Gasteiger partial charge on any atom is 0.298 e. The summed E-state index contributed by atoms with van der Waals surface area (Å²) in [5.74, 6) is 0. The van der Waals surface area contributed by atoms with Gasteiger partial charge in [-0.25, -0.2) is 4.98 Å². The van der Waals surface area contributed by atoms with E-state index >= 15 is 0 Å². The summed E-state index contributed by atoms with van der Waals surface area (Å²) in [4.78, 5) is 5.36. The number of hydrogen-bond donors (Lipinski definition) is 1. The van der Waals surface area contributed by atoms with E-state index in [9.17, 15) is 4.21 Å². The third-order valence-corrected chi connectivity index (χ3v) is 8.64. The van der Waals surface area contributed by atoms with Crippen molar-refractivity contribution in [2.24, 2.45) is 0 Å². The highest BCUT2D eigenvalue weighted by Gasteiger charge is 2.29. The lowest BCUT2D eigenvalue weighted by atomic mass is 10.0. The fourth-order valence-corrected chi connectivity index (χ4v) is 7.16. The molecule has 3 nitrogen and oxygen atoms in total. The molecule has 0 unspecified atom stereocenters. The second kappa shape index (κ2) is 6.65. The summed E-state index contributed by atoms with van der Waals surface area (Å²) in [7, 11) is -2.98. The average Bonchev–Trinajstić information content (AvgIpc) is 3.05. The molecule has 0 bridgehead atoms. The molecule has 1 fully saturated rings. The Morgan fingerprint density at radius 2 is 1.67 bits per heavy atom. The summed E-state index contributed by atoms with van der Waals surface area (Å²) in [6.45, 7) is 0. The van der Waals surface area contributed by atoms with Gasteiger partial charge in [-0.3, -0.25) is 0 Å². The van der Waals surface area contributed by atoms with Crippen LogP contribution >= 0.6 is 11.3 Å². The van der Waals surface area contributed by atoms with Gasteiger partial charge in [0, 0.05) is 0 Å². The van der Waals surface area contributed by atoms with E-state index in [1.54, 1.807) is 0 Å². The fourth-order valence-electron chi connectivity index (χ4n) is 3.40. The molecule has 0 aliphatic heterocycles. The van der Waals surface area contributed by atoms with Gasteiger partial charge in [-0.2, -0.15) is 4.21 Å². The van der Waals surface area contributed by atoms with Crippen LogP contribution < -0.4 is 4.18 Å². The van der Waals surface area contributed by atoms with Crippen molar-refractivity contribution < 1.29 is 8.39 Å². The van der Waals surface area contributed by atoms with Gasteiger partial charge >= 0.3 is 0 Å². The van der Waals surface area contributed by atoms with Crippen LogP contribution in [0.3, 0.4) is 0 Å². The first-order valence-corrected chi connectivity index (χ1v) is 11.0. The molecule has 1 aromatic heterocycles. The number of para-hydroxylation sites is 1. The van der Waals surface area contributed by atoms with Crippen LogP contribution in [-0.2, 0) is 10.2 Å². The minimum Gasteiger partial charge on any atom is -0.362 e. The Morgan fingerprint density at radius 1 is 0.958 bits per heavy atom. The molecule has 1 aliphatic carbocycles. The topological polar surface area (TPSA) is 39.2 Å². The quantitative estimate of drug-likeness (QED) is 0.666. The monoisotopic (exact) mass is 359 g/mol. The average molecular weight is 360 g/mol. The SMILES string of the molecule is O=[SH](Oc1nc2ccccc2s1)(c1ccccc1)C1CCCCC1. The van der Waals surface area contributed by atoms with E-state index in [0.717, 1.165) is 40.8 Å². The van der Waals surface area contributed by atoms with Gasteiger partial charge in [0.1, 0.15) is 0 Å². The Balaban J connectivity index is 1.73. The van der Waals surface area contributed by atoms with E-state index < -0.39 is 10.2 Å². The smallest absolute Gasteiger partial charge is 0.298 e. The summed E-state index contributed by atoms with van der Waals surface area (Å²) in [5.41, 5.74) is 0.903. The summed E-state index contributed by atoms with van der Waals surface area (Å²) in [6, 6.07) is 17.6. The minimum absolute atomic E-state index is 0.0978. The number of thiol groups is 1. The first kappa shape index (κ1) is 15.8. The minimum atomic E-state index is -2.98. The molecule has 5 heteroatoms. The summed E-state index contributed by atoms with van der Waals surface area (Å²) in [5, 5.41) is 0.620. The zero-order valence-corrected chi connectivity index (χ0v) is 15.1. The zero-order valence-electron chi connectivity index (χ0n) is 13.4. The molecule has 0 amide bonds. The molecule has 1 saturated carbocycles. The van der Waals surface area contributed by atoms with Gasteiger partial charge in [0.05, 0.1) is 20.4 Å². The van der Waals surface area contributed by atoms with Crippen molar-refractivity contribution in [3.63, 3.8) is 0 Å². The molecule has 126 valence electrons. The predicted octanol–water partition coefficient (Wildman–Crippen LogP) is 5.00. The molecular formula is C19H21NO2S2. The number of aromatic nitrogens is 1. The van der Waals surface area contributed by atoms with Crippen molar-refractivity contribution in [1.29, 1.82) is 0 Å². The Hall–Kier alpha value is -1.72. The third kappa shape index (κ3) is 2.98. The number of rotatable bonds is 4. The Labute approximate surface area is 147 Å². The molecule has 4 rings (SSSR count). The molecular weight excluding hydrogens is 338 g/mol. The normalized spacial score (nSPS) is 17.0. The first-order chi connectivity index (χ1) is 11.8. The van der Waals surface area contributed by atoms with Crippen LogP contribution in [-0.4, -0.2) is 14.4 Å². The fraction of sp³-hybridized carbons (Fsp3) is 0.316. The summed E-state index contributed by atoms with van der Waals surface area (Å²) in [6.07, 6.45) is 5.43. The van der Waals surface area contributed by atoms with Crippen molar-refractivity contribution >= 4 is 31.8 Å². The summed E-state index contributed by atoms with van der Waals surface area (Å²) >= 11 is 1.48. The lowest BCUT2D eigenvalue weighted by Gasteiger charge is -2.38. The highest BCUT2D eigenvalue weighted by molar-refractivity contribution is 7.99. The molecule has 0 N–H and O–H groups in total. The van der Waals surface area contributed by atoms with Gasteiger partial charge < -0.3 is 4.18 Å². The number of fused-ring (bicyclic) bond motifs is 1. The molecule has 24 heavy (non-hydrogen) atoms. The largest absolute Gasteiger partial charge is 0.362 e. The second-order valence-corrected chi connectivity index (χ2v) is 9.88. The standard InChI is InChI=1S/C19H21NO2S2/c21-24(15-9-3-1-4-10-15,16-11-5-2-6-12-16)22-19-20-17-13-7-8-14-18(17)23-19/h1,3-4,7-10,13-14,16,24H,2,5-6,11-12H2. The van der Waals surface area contributed by atoms with E-state index in [0.29, 0.717) is 5.19 Å². The van der Waals surface area contributed by atoms with Crippen LogP contribution in [0.25, 0.3) is 10.2 Å². The first-order valence-electron chi connectivity index (χ1n) is 8.46. The van der Waals surface area contributed by atoms with Gasteiger partial charge in [0.2, 0.25) is 0 Å². The third-order valence-electron chi connectivity index (χ3n) is 4.66. The van der Waals surface area contributed by atoms with E-state index in [2.05, 4.69) is 4.98 Å². The molecule has 0 atom stereocenters. The molecule has 0 radical (unpaired) electrons. The highest BCUT2D eigenvalue weighted by atomic mass is 32.3. The van der Waals surface area contributed by atoms with Crippen molar-refractivity contribution in [3.05, 3.63) is 54.6 Å². The molecule has 0 spiro atoms. The van der Waals surface area contributed by atoms with Crippen LogP contribution in [0.4, 0.5) is 0 Å². The molecule has 1 aliphatic rings. The van der Waals surface area contributed by atoms with Crippen molar-refractivity contribution in [2.75, 3.05) is 0 Å². The van der Waals surface area contributed by atoms with Crippen molar-refractivity contribution in [3.8, 4) is 5.19 Å². The van der Waals surface area contributed by atoms with E-state index in [1.165, 1.54) is 17.8 Å². The number of benzene rings is 2. The highest BCUT2D eigenvalue weighted by Crippen LogP contribution is 2.38. The second-order valence-electron chi connectivity index (χ2n) is 6.26. The maximum atomic E-state index is 14.0. The van der Waals surface area contributed by atoms with Crippen molar-refractivity contribution in [1.82, 2.24) is 4.98 Å². The van der Waals surface area contributed by atoms with Crippen molar-refractivity contribution in [2.45, 2.75) is 42.2 Å². The maximum absolute atomic E-state index is 14.0. The van der Waals surface area contributed by atoms with E-state index in [4.69, 9.17) is 4.18 Å². The van der Waals surface area contributed by atoms with Gasteiger partial charge in [0.25, 0.3) is 5.19 Å². The zero-order chi connectivity index (χ0) is 16.4. The van der Waals surface area contributed by atoms with Gasteiger partial charge in [-0.1, -0.05) is 60.9 Å². The van der Waals surface area contributed by atoms with Crippen LogP contribution in [0, 0.1) is 0 Å². The lowest BCUT2D eigenvalue weighted by molar-refractivity contribution is 0.458. The Kier molecular flexibility index (Phi) is 4.37. The van der Waals surface area contributed by atoms with Crippen LogP contribution in [0.1, 0.15) is 32.1 Å². The Morgan fingerprint density at radius 3 is 2.42 bits per heavy atom. The Bertz CT molecular complexity index is 836. The van der Waals surface area contributed by atoms with Crippen LogP contribution in [0.2, 0.25) is 0 Å². The van der Waals surface area contributed by atoms with Gasteiger partial charge in [-0.05, 0) is 37.1 Å². The number of hydrogen-bond acceptors (Lipinski definition) is 4. The van der Waals surface area contributed by atoms with Crippen LogP contribution in [0.5, 0.6) is 5.19 Å². The van der Waals surface area contributed by atoms with Crippen LogP contribution in [0.15, 0.2) is 59.5 Å². The molecule has 3 aromatic rings. The van der Waals surface area contributed by atoms with Gasteiger partial charge in [-0.15, -0.1) is 10.2 Å². The number of thiazole rings is 1. The number of nitrogens with zero attached hydrogens (tertiary/aromatic N) is 1. The van der Waals surface area contributed by atoms with E-state index in [1.807, 2.05) is 54.6 Å².